The fourth-order valence-corrected chi connectivity index (χ4v) is 3.49. The van der Waals surface area contributed by atoms with E-state index in [0.717, 1.165) is 11.3 Å². The molecule has 4 heteroatoms. The largest absolute Gasteiger partial charge is 0.364 e. The van der Waals surface area contributed by atoms with Gasteiger partial charge in [0.25, 0.3) is 5.91 Å². The second kappa shape index (κ2) is 5.49. The lowest BCUT2D eigenvalue weighted by Gasteiger charge is -2.34. The number of primary amides is 1. The Hall–Kier alpha value is -3.14. The van der Waals surface area contributed by atoms with E-state index in [9.17, 15) is 4.79 Å². The molecule has 3 aromatic rings. The lowest BCUT2D eigenvalue weighted by Crippen LogP contribution is -2.30. The predicted octanol–water partition coefficient (Wildman–Crippen LogP) is 3.06. The van der Waals surface area contributed by atoms with Crippen molar-refractivity contribution in [1.29, 1.82) is 0 Å². The van der Waals surface area contributed by atoms with Gasteiger partial charge >= 0.3 is 0 Å². The summed E-state index contributed by atoms with van der Waals surface area (Å²) in [5, 5.41) is 7.10. The summed E-state index contributed by atoms with van der Waals surface area (Å²) in [4.78, 5) is 11.5. The number of carbonyl (C=O) groups excluding carboxylic acids is 1. The van der Waals surface area contributed by atoms with Gasteiger partial charge in [-0.05, 0) is 11.1 Å². The summed E-state index contributed by atoms with van der Waals surface area (Å²) in [7, 11) is 0. The Morgan fingerprint density at radius 1 is 1.00 bits per heavy atom. The van der Waals surface area contributed by atoms with E-state index >= 15 is 0 Å². The molecule has 24 heavy (non-hydrogen) atoms. The first kappa shape index (κ1) is 14.5. The van der Waals surface area contributed by atoms with Crippen LogP contribution >= 0.6 is 0 Å². The molecule has 0 bridgehead atoms. The molecule has 0 saturated heterocycles. The van der Waals surface area contributed by atoms with Crippen molar-refractivity contribution >= 4 is 12.0 Å². The number of aromatic nitrogens is 2. The van der Waals surface area contributed by atoms with Gasteiger partial charge in [-0.1, -0.05) is 72.8 Å². The first-order chi connectivity index (χ1) is 11.7. The summed E-state index contributed by atoms with van der Waals surface area (Å²) < 4.78 is 0. The first-order valence-corrected chi connectivity index (χ1v) is 7.88. The van der Waals surface area contributed by atoms with Crippen LogP contribution in [0.15, 0.2) is 66.7 Å². The third-order valence-corrected chi connectivity index (χ3v) is 4.68. The van der Waals surface area contributed by atoms with E-state index in [1.807, 2.05) is 42.5 Å². The van der Waals surface area contributed by atoms with Crippen LogP contribution in [0.5, 0.6) is 0 Å². The van der Waals surface area contributed by atoms with E-state index in [-0.39, 0.29) is 5.41 Å². The van der Waals surface area contributed by atoms with Crippen LogP contribution in [0.1, 0.15) is 32.9 Å². The molecule has 1 heterocycles. The standard InChI is InChI=1S/C20H17N3O/c21-19(24)18-16-11-12-20(13-17(16)22-23-18,14-7-3-1-4-8-14)15-9-5-2-6-10-15/h1-12H,13H2,(H2,21,24)(H,22,23). The Morgan fingerprint density at radius 2 is 1.58 bits per heavy atom. The van der Waals surface area contributed by atoms with Crippen molar-refractivity contribution in [2.45, 2.75) is 11.8 Å². The van der Waals surface area contributed by atoms with Gasteiger partial charge in [-0.2, -0.15) is 5.10 Å². The number of allylic oxidation sites excluding steroid dienone is 1. The van der Waals surface area contributed by atoms with Gasteiger partial charge < -0.3 is 5.73 Å². The Balaban J connectivity index is 1.90. The van der Waals surface area contributed by atoms with Crippen molar-refractivity contribution in [3.05, 3.63) is 94.8 Å². The van der Waals surface area contributed by atoms with Crippen LogP contribution in [0.2, 0.25) is 0 Å². The second-order valence-electron chi connectivity index (χ2n) is 6.04. The van der Waals surface area contributed by atoms with Crippen molar-refractivity contribution in [2.75, 3.05) is 0 Å². The number of hydrogen-bond donors (Lipinski definition) is 2. The van der Waals surface area contributed by atoms with Gasteiger partial charge in [-0.15, -0.1) is 0 Å². The van der Waals surface area contributed by atoms with Gasteiger partial charge in [0.05, 0.1) is 0 Å². The fraction of sp³-hybridized carbons (Fsp3) is 0.100. The number of nitrogens with one attached hydrogen (secondary N) is 1. The maximum absolute atomic E-state index is 11.5. The summed E-state index contributed by atoms with van der Waals surface area (Å²) in [5.41, 5.74) is 9.55. The monoisotopic (exact) mass is 315 g/mol. The van der Waals surface area contributed by atoms with Gasteiger partial charge in [-0.25, -0.2) is 0 Å². The zero-order valence-corrected chi connectivity index (χ0v) is 13.1. The zero-order valence-electron chi connectivity index (χ0n) is 13.1. The van der Waals surface area contributed by atoms with Gasteiger partial charge in [0.2, 0.25) is 0 Å². The Labute approximate surface area is 140 Å². The number of rotatable bonds is 3. The molecule has 0 radical (unpaired) electrons. The van der Waals surface area contributed by atoms with E-state index in [0.29, 0.717) is 12.1 Å². The van der Waals surface area contributed by atoms with E-state index in [2.05, 4.69) is 40.5 Å². The molecule has 4 rings (SSSR count). The van der Waals surface area contributed by atoms with Gasteiger partial charge in [0, 0.05) is 23.1 Å². The highest BCUT2D eigenvalue weighted by atomic mass is 16.1. The lowest BCUT2D eigenvalue weighted by molar-refractivity contribution is 0.0995. The predicted molar refractivity (Wildman–Crippen MR) is 93.5 cm³/mol. The minimum absolute atomic E-state index is 0.295. The number of nitrogens with zero attached hydrogens (tertiary/aromatic N) is 1. The molecule has 1 aromatic heterocycles. The molecule has 118 valence electrons. The van der Waals surface area contributed by atoms with Crippen molar-refractivity contribution in [1.82, 2.24) is 10.2 Å². The third kappa shape index (κ3) is 2.15. The topological polar surface area (TPSA) is 71.8 Å². The SMILES string of the molecule is NC(=O)c1n[nH]c2c1C=CC(c1ccccc1)(c1ccccc1)C2. The molecule has 0 aliphatic heterocycles. The molecule has 0 spiro atoms. The van der Waals surface area contributed by atoms with E-state index in [4.69, 9.17) is 5.73 Å². The fourth-order valence-electron chi connectivity index (χ4n) is 3.49. The second-order valence-corrected chi connectivity index (χ2v) is 6.04. The maximum atomic E-state index is 11.5. The maximum Gasteiger partial charge on any atom is 0.269 e. The third-order valence-electron chi connectivity index (χ3n) is 4.68. The van der Waals surface area contributed by atoms with E-state index < -0.39 is 5.91 Å². The normalized spacial score (nSPS) is 15.0. The zero-order chi connectivity index (χ0) is 16.6. The first-order valence-electron chi connectivity index (χ1n) is 7.88. The molecule has 2 aromatic carbocycles. The van der Waals surface area contributed by atoms with E-state index in [1.165, 1.54) is 11.1 Å². The summed E-state index contributed by atoms with van der Waals surface area (Å²) in [5.74, 6) is -0.510. The number of carbonyl (C=O) groups is 1. The quantitative estimate of drug-likeness (QED) is 0.779. The van der Waals surface area contributed by atoms with Crippen molar-refractivity contribution < 1.29 is 4.79 Å². The smallest absolute Gasteiger partial charge is 0.269 e. The Morgan fingerprint density at radius 3 is 2.12 bits per heavy atom. The average molecular weight is 315 g/mol. The number of amides is 1. The van der Waals surface area contributed by atoms with E-state index in [1.54, 1.807) is 0 Å². The number of nitrogens with two attached hydrogens (primary N) is 1. The highest BCUT2D eigenvalue weighted by Crippen LogP contribution is 2.41. The molecule has 0 atom stereocenters. The van der Waals surface area contributed by atoms with Gasteiger partial charge in [0.1, 0.15) is 0 Å². The molecule has 1 aliphatic carbocycles. The molecule has 0 unspecified atom stereocenters. The van der Waals surface area contributed by atoms with Crippen LogP contribution in [0, 0.1) is 0 Å². The van der Waals surface area contributed by atoms with Crippen LogP contribution in [0.25, 0.3) is 6.08 Å². The molecular weight excluding hydrogens is 298 g/mol. The van der Waals surface area contributed by atoms with Crippen LogP contribution in [0.4, 0.5) is 0 Å². The molecule has 0 saturated carbocycles. The van der Waals surface area contributed by atoms with Crippen LogP contribution in [0.3, 0.4) is 0 Å². The summed E-state index contributed by atoms with van der Waals surface area (Å²) in [6.07, 6.45) is 4.82. The number of H-pyrrole nitrogens is 1. The number of benzene rings is 2. The molecule has 1 amide bonds. The summed E-state index contributed by atoms with van der Waals surface area (Å²) in [6, 6.07) is 20.7. The Bertz CT molecular complexity index is 871. The average Bonchev–Trinajstić information content (AvgIpc) is 3.06. The van der Waals surface area contributed by atoms with Crippen molar-refractivity contribution in [3.8, 4) is 0 Å². The van der Waals surface area contributed by atoms with Gasteiger partial charge in [0.15, 0.2) is 5.69 Å². The Kier molecular flexibility index (Phi) is 3.31. The van der Waals surface area contributed by atoms with Crippen molar-refractivity contribution in [3.63, 3.8) is 0 Å². The van der Waals surface area contributed by atoms with Gasteiger partial charge in [-0.3, -0.25) is 9.89 Å². The molecular formula is C20H17N3O. The molecule has 3 N–H and O–H groups in total. The minimum Gasteiger partial charge on any atom is -0.364 e. The summed E-state index contributed by atoms with van der Waals surface area (Å²) in [6.45, 7) is 0. The number of aromatic amines is 1. The van der Waals surface area contributed by atoms with Crippen LogP contribution in [-0.4, -0.2) is 16.1 Å². The highest BCUT2D eigenvalue weighted by Gasteiger charge is 2.36. The lowest BCUT2D eigenvalue weighted by atomic mass is 9.68. The molecule has 1 aliphatic rings. The number of fused-ring (bicyclic) bond motifs is 1. The highest BCUT2D eigenvalue weighted by molar-refractivity contribution is 5.95. The minimum atomic E-state index is -0.510. The molecule has 0 fully saturated rings. The number of hydrogen-bond acceptors (Lipinski definition) is 2. The van der Waals surface area contributed by atoms with Crippen LogP contribution in [-0.2, 0) is 11.8 Å². The van der Waals surface area contributed by atoms with Crippen molar-refractivity contribution in [2.24, 2.45) is 5.73 Å². The van der Waals surface area contributed by atoms with Crippen LogP contribution < -0.4 is 5.73 Å². The summed E-state index contributed by atoms with van der Waals surface area (Å²) >= 11 is 0. The molecule has 4 nitrogen and oxygen atoms in total.